The largest absolute Gasteiger partial charge is 0.466 e. The predicted molar refractivity (Wildman–Crippen MR) is 96.1 cm³/mol. The van der Waals surface area contributed by atoms with E-state index in [1.165, 1.54) is 14.2 Å². The Kier molecular flexibility index (Phi) is 4.97. The number of nitrogens with zero attached hydrogens (tertiary/aromatic N) is 1. The Balaban J connectivity index is 2.07. The first-order chi connectivity index (χ1) is 12.5. The van der Waals surface area contributed by atoms with Crippen molar-refractivity contribution in [2.75, 3.05) is 37.5 Å². The zero-order chi connectivity index (χ0) is 18.7. The first-order valence-corrected chi connectivity index (χ1v) is 8.18. The normalized spacial score (nSPS) is 14.5. The van der Waals surface area contributed by atoms with Gasteiger partial charge in [-0.25, -0.2) is 14.4 Å². The van der Waals surface area contributed by atoms with Crippen LogP contribution in [0.3, 0.4) is 0 Å². The van der Waals surface area contributed by atoms with Crippen molar-refractivity contribution in [1.29, 1.82) is 0 Å². The fraction of sp³-hybridized carbons (Fsp3) is 0.353. The minimum absolute atomic E-state index is 0.0583. The molecule has 138 valence electrons. The van der Waals surface area contributed by atoms with Gasteiger partial charge < -0.3 is 29.7 Å². The minimum atomic E-state index is -0.703. The van der Waals surface area contributed by atoms with E-state index in [9.17, 15) is 14.4 Å². The molecule has 3 N–H and O–H groups in total. The monoisotopic (exact) mass is 360 g/mol. The van der Waals surface area contributed by atoms with Gasteiger partial charge in [0.2, 0.25) is 0 Å². The molecular formula is C17H20N4O5. The zero-order valence-electron chi connectivity index (χ0n) is 14.5. The molecular weight excluding hydrogens is 340 g/mol. The lowest BCUT2D eigenvalue weighted by Gasteiger charge is -2.22. The second-order valence-corrected chi connectivity index (χ2v) is 5.89. The predicted octanol–water partition coefficient (Wildman–Crippen LogP) is 1.10. The molecule has 1 aliphatic rings. The van der Waals surface area contributed by atoms with Gasteiger partial charge in [0.05, 0.1) is 42.7 Å². The number of nitrogens with one attached hydrogen (secondary N) is 3. The lowest BCUT2D eigenvalue weighted by Crippen LogP contribution is -2.21. The van der Waals surface area contributed by atoms with E-state index in [4.69, 9.17) is 4.74 Å². The molecule has 0 atom stereocenters. The highest BCUT2D eigenvalue weighted by Gasteiger charge is 2.20. The molecule has 1 aliphatic heterocycles. The molecule has 3 rings (SSSR count). The fourth-order valence-corrected chi connectivity index (χ4v) is 2.97. The van der Waals surface area contributed by atoms with E-state index >= 15 is 0 Å². The second-order valence-electron chi connectivity index (χ2n) is 5.89. The quantitative estimate of drug-likeness (QED) is 0.540. The number of imidazole rings is 1. The SMILES string of the molecule is COC(=O)/C=C(/Nc1cc2[nH]c(=O)[nH]c2cc1N1CCCC1)C(=O)OC. The molecule has 0 radical (unpaired) electrons. The molecule has 0 spiro atoms. The Labute approximate surface area is 149 Å². The number of rotatable bonds is 5. The molecule has 0 saturated carbocycles. The topological polar surface area (TPSA) is 117 Å². The van der Waals surface area contributed by atoms with Gasteiger partial charge in [-0.1, -0.05) is 0 Å². The van der Waals surface area contributed by atoms with Crippen LogP contribution in [-0.4, -0.2) is 49.2 Å². The maximum atomic E-state index is 12.0. The summed E-state index contributed by atoms with van der Waals surface area (Å²) in [7, 11) is 2.45. The Morgan fingerprint density at radius 3 is 2.38 bits per heavy atom. The third kappa shape index (κ3) is 3.56. The van der Waals surface area contributed by atoms with Crippen LogP contribution in [0.1, 0.15) is 12.8 Å². The third-order valence-corrected chi connectivity index (χ3v) is 4.22. The van der Waals surface area contributed by atoms with Crippen LogP contribution in [0.15, 0.2) is 28.7 Å². The van der Waals surface area contributed by atoms with Crippen LogP contribution in [0, 0.1) is 0 Å². The van der Waals surface area contributed by atoms with E-state index in [1.54, 1.807) is 6.07 Å². The molecule has 9 nitrogen and oxygen atoms in total. The van der Waals surface area contributed by atoms with Crippen molar-refractivity contribution in [1.82, 2.24) is 9.97 Å². The number of methoxy groups -OCH3 is 2. The number of hydrogen-bond donors (Lipinski definition) is 3. The van der Waals surface area contributed by atoms with Crippen LogP contribution in [0.25, 0.3) is 11.0 Å². The lowest BCUT2D eigenvalue weighted by molar-refractivity contribution is -0.138. The number of ether oxygens (including phenoxy) is 2. The Morgan fingerprint density at radius 2 is 1.77 bits per heavy atom. The van der Waals surface area contributed by atoms with Crippen molar-refractivity contribution in [3.05, 3.63) is 34.4 Å². The Morgan fingerprint density at radius 1 is 1.12 bits per heavy atom. The molecule has 26 heavy (non-hydrogen) atoms. The molecule has 0 aliphatic carbocycles. The molecule has 0 bridgehead atoms. The smallest absolute Gasteiger partial charge is 0.354 e. The lowest BCUT2D eigenvalue weighted by atomic mass is 10.2. The van der Waals surface area contributed by atoms with Gasteiger partial charge in [-0.3, -0.25) is 0 Å². The van der Waals surface area contributed by atoms with Gasteiger partial charge in [-0.05, 0) is 25.0 Å². The number of fused-ring (bicyclic) bond motifs is 1. The van der Waals surface area contributed by atoms with E-state index in [2.05, 4.69) is 24.9 Å². The van der Waals surface area contributed by atoms with Crippen molar-refractivity contribution in [2.45, 2.75) is 12.8 Å². The number of aromatic amines is 2. The van der Waals surface area contributed by atoms with Crippen molar-refractivity contribution in [3.8, 4) is 0 Å². The first kappa shape index (κ1) is 17.6. The number of H-pyrrole nitrogens is 2. The fourth-order valence-electron chi connectivity index (χ4n) is 2.97. The first-order valence-electron chi connectivity index (χ1n) is 8.18. The highest BCUT2D eigenvalue weighted by Crippen LogP contribution is 2.33. The number of carbonyl (C=O) groups is 2. The second kappa shape index (κ2) is 7.34. The summed E-state index contributed by atoms with van der Waals surface area (Å²) in [6, 6.07) is 3.56. The highest BCUT2D eigenvalue weighted by molar-refractivity contribution is 6.00. The average Bonchev–Trinajstić information content (AvgIpc) is 3.27. The highest BCUT2D eigenvalue weighted by atomic mass is 16.5. The van der Waals surface area contributed by atoms with Gasteiger partial charge in [0, 0.05) is 13.1 Å². The number of carbonyl (C=O) groups excluding carboxylic acids is 2. The van der Waals surface area contributed by atoms with Gasteiger partial charge in [0.15, 0.2) is 0 Å². The molecule has 1 fully saturated rings. The number of aromatic nitrogens is 2. The van der Waals surface area contributed by atoms with Crippen molar-refractivity contribution in [3.63, 3.8) is 0 Å². The van der Waals surface area contributed by atoms with Gasteiger partial charge in [0.25, 0.3) is 0 Å². The van der Waals surface area contributed by atoms with E-state index in [-0.39, 0.29) is 11.4 Å². The Hall–Kier alpha value is -3.23. The van der Waals surface area contributed by atoms with Gasteiger partial charge in [0.1, 0.15) is 5.70 Å². The Bertz CT molecular complexity index is 921. The summed E-state index contributed by atoms with van der Waals surface area (Å²) >= 11 is 0. The van der Waals surface area contributed by atoms with Crippen LogP contribution in [0.2, 0.25) is 0 Å². The summed E-state index contributed by atoms with van der Waals surface area (Å²) in [6.45, 7) is 1.73. The molecule has 0 amide bonds. The summed E-state index contributed by atoms with van der Waals surface area (Å²) in [6.07, 6.45) is 3.15. The molecule has 1 saturated heterocycles. The van der Waals surface area contributed by atoms with Gasteiger partial charge >= 0.3 is 17.6 Å². The molecule has 1 aromatic carbocycles. The van der Waals surface area contributed by atoms with Gasteiger partial charge in [-0.2, -0.15) is 0 Å². The molecule has 0 unspecified atom stereocenters. The van der Waals surface area contributed by atoms with Crippen LogP contribution in [-0.2, 0) is 19.1 Å². The zero-order valence-corrected chi connectivity index (χ0v) is 14.5. The number of anilines is 2. The maximum absolute atomic E-state index is 12.0. The van der Waals surface area contributed by atoms with Crippen LogP contribution < -0.4 is 15.9 Å². The molecule has 1 aromatic heterocycles. The van der Waals surface area contributed by atoms with E-state index in [0.717, 1.165) is 37.7 Å². The van der Waals surface area contributed by atoms with Gasteiger partial charge in [-0.15, -0.1) is 0 Å². The summed E-state index contributed by atoms with van der Waals surface area (Å²) in [5.41, 5.74) is 2.28. The van der Waals surface area contributed by atoms with Crippen LogP contribution in [0.4, 0.5) is 11.4 Å². The number of hydrogen-bond acceptors (Lipinski definition) is 7. The van der Waals surface area contributed by atoms with Crippen LogP contribution >= 0.6 is 0 Å². The maximum Gasteiger partial charge on any atom is 0.354 e. The number of benzene rings is 1. The van der Waals surface area contributed by atoms with E-state index in [1.807, 2.05) is 6.07 Å². The number of esters is 2. The molecule has 2 aromatic rings. The van der Waals surface area contributed by atoms with Crippen molar-refractivity contribution < 1.29 is 19.1 Å². The summed E-state index contributed by atoms with van der Waals surface area (Å²) < 4.78 is 9.32. The third-order valence-electron chi connectivity index (χ3n) is 4.22. The van der Waals surface area contributed by atoms with E-state index < -0.39 is 11.9 Å². The van der Waals surface area contributed by atoms with Crippen molar-refractivity contribution in [2.24, 2.45) is 0 Å². The molecule has 2 heterocycles. The summed E-state index contributed by atoms with van der Waals surface area (Å²) in [4.78, 5) is 42.8. The summed E-state index contributed by atoms with van der Waals surface area (Å²) in [5.74, 6) is -1.39. The standard InChI is InChI=1S/C17H20N4O5/c1-25-15(22)9-13(16(23)26-2)18-12-7-10-11(20-17(24)19-10)8-14(12)21-5-3-4-6-21/h7-9,18H,3-6H2,1-2H3,(H2,19,20,24)/b13-9+. The molecule has 9 heteroatoms. The average molecular weight is 360 g/mol. The van der Waals surface area contributed by atoms with E-state index in [0.29, 0.717) is 16.7 Å². The van der Waals surface area contributed by atoms with Crippen molar-refractivity contribution >= 4 is 34.3 Å². The summed E-state index contributed by atoms with van der Waals surface area (Å²) in [5, 5.41) is 2.95. The minimum Gasteiger partial charge on any atom is -0.466 e. The van der Waals surface area contributed by atoms with Crippen LogP contribution in [0.5, 0.6) is 0 Å².